The number of carbonyl (C=O) groups is 2. The summed E-state index contributed by atoms with van der Waals surface area (Å²) < 4.78 is 32.6. The molecule has 0 aromatic heterocycles. The minimum Gasteiger partial charge on any atom is -0.379 e. The van der Waals surface area contributed by atoms with Crippen LogP contribution in [-0.4, -0.2) is 56.9 Å². The second-order valence-electron chi connectivity index (χ2n) is 9.39. The zero-order valence-corrected chi connectivity index (χ0v) is 21.0. The molecule has 8 nitrogen and oxygen atoms in total. The molecule has 9 heteroatoms. The molecule has 0 unspecified atom stereocenters. The first kappa shape index (κ1) is 25.3. The van der Waals surface area contributed by atoms with E-state index in [-0.39, 0.29) is 41.4 Å². The molecule has 0 spiro atoms. The summed E-state index contributed by atoms with van der Waals surface area (Å²) in [5, 5.41) is 5.95. The summed E-state index contributed by atoms with van der Waals surface area (Å²) >= 11 is 0. The molecular weight excluding hydrogens is 466 g/mol. The standard InChI is InChI=1S/C26H33N3O5S/c1-18(2)24(26(31)27-23-12-6-8-19-7-3-4-11-22(19)23)28-25(30)20-9-5-10-21(17-20)35(32,33)29-13-15-34-16-14-29/h3-5,7,9-11,17-18,23-24H,6,8,12-16H2,1-2H3,(H,27,31)(H,28,30)/t23-,24+/m1/s1. The Balaban J connectivity index is 1.48. The van der Waals surface area contributed by atoms with Gasteiger partial charge in [0.1, 0.15) is 6.04 Å². The van der Waals surface area contributed by atoms with E-state index < -0.39 is 22.0 Å². The number of nitrogens with zero attached hydrogens (tertiary/aromatic N) is 1. The number of hydrogen-bond acceptors (Lipinski definition) is 5. The fourth-order valence-corrected chi connectivity index (χ4v) is 6.11. The van der Waals surface area contributed by atoms with Crippen LogP contribution in [0.25, 0.3) is 0 Å². The van der Waals surface area contributed by atoms with Gasteiger partial charge in [0.05, 0.1) is 24.2 Å². The van der Waals surface area contributed by atoms with Crippen LogP contribution < -0.4 is 10.6 Å². The predicted molar refractivity (Wildman–Crippen MR) is 132 cm³/mol. The fourth-order valence-electron chi connectivity index (χ4n) is 4.66. The lowest BCUT2D eigenvalue weighted by molar-refractivity contribution is -0.124. The van der Waals surface area contributed by atoms with E-state index in [1.54, 1.807) is 12.1 Å². The highest BCUT2D eigenvalue weighted by atomic mass is 32.2. The van der Waals surface area contributed by atoms with Crippen molar-refractivity contribution in [2.24, 2.45) is 5.92 Å². The van der Waals surface area contributed by atoms with E-state index in [1.807, 2.05) is 32.0 Å². The molecule has 0 bridgehead atoms. The molecule has 1 aliphatic heterocycles. The van der Waals surface area contributed by atoms with Gasteiger partial charge in [-0.15, -0.1) is 0 Å². The molecule has 1 heterocycles. The summed E-state index contributed by atoms with van der Waals surface area (Å²) in [7, 11) is -3.73. The van der Waals surface area contributed by atoms with Gasteiger partial charge in [-0.1, -0.05) is 44.2 Å². The summed E-state index contributed by atoms with van der Waals surface area (Å²) in [6.45, 7) is 4.99. The van der Waals surface area contributed by atoms with Crippen LogP contribution in [-0.2, 0) is 26.0 Å². The molecular formula is C26H33N3O5S. The number of benzene rings is 2. The van der Waals surface area contributed by atoms with E-state index in [4.69, 9.17) is 4.74 Å². The maximum Gasteiger partial charge on any atom is 0.251 e. The normalized spacial score (nSPS) is 19.6. The van der Waals surface area contributed by atoms with Crippen molar-refractivity contribution < 1.29 is 22.7 Å². The summed E-state index contributed by atoms with van der Waals surface area (Å²) in [6, 6.07) is 13.2. The molecule has 2 aliphatic rings. The molecule has 4 rings (SSSR count). The van der Waals surface area contributed by atoms with Crippen molar-refractivity contribution in [1.82, 2.24) is 14.9 Å². The lowest BCUT2D eigenvalue weighted by Gasteiger charge is -2.29. The Morgan fingerprint density at radius 3 is 2.54 bits per heavy atom. The van der Waals surface area contributed by atoms with Crippen LogP contribution in [0.5, 0.6) is 0 Å². The van der Waals surface area contributed by atoms with Gasteiger partial charge >= 0.3 is 0 Å². The zero-order chi connectivity index (χ0) is 25.0. The molecule has 1 fully saturated rings. The van der Waals surface area contributed by atoms with Gasteiger partial charge in [0.25, 0.3) is 5.91 Å². The van der Waals surface area contributed by atoms with Gasteiger partial charge in [-0.25, -0.2) is 8.42 Å². The highest BCUT2D eigenvalue weighted by Gasteiger charge is 2.30. The quantitative estimate of drug-likeness (QED) is 0.610. The Morgan fingerprint density at radius 2 is 1.80 bits per heavy atom. The predicted octanol–water partition coefficient (Wildman–Crippen LogP) is 2.66. The minimum absolute atomic E-state index is 0.0522. The van der Waals surface area contributed by atoms with Gasteiger partial charge in [-0.2, -0.15) is 4.31 Å². The van der Waals surface area contributed by atoms with Gasteiger partial charge in [0.2, 0.25) is 15.9 Å². The van der Waals surface area contributed by atoms with Crippen LogP contribution in [0, 0.1) is 5.92 Å². The topological polar surface area (TPSA) is 105 Å². The third kappa shape index (κ3) is 5.74. The number of carbonyl (C=O) groups excluding carboxylic acids is 2. The highest BCUT2D eigenvalue weighted by molar-refractivity contribution is 7.89. The molecule has 2 aromatic carbocycles. The van der Waals surface area contributed by atoms with E-state index in [0.717, 1.165) is 24.8 Å². The highest BCUT2D eigenvalue weighted by Crippen LogP contribution is 2.29. The van der Waals surface area contributed by atoms with Gasteiger partial charge in [0, 0.05) is 18.7 Å². The second-order valence-corrected chi connectivity index (χ2v) is 11.3. The van der Waals surface area contributed by atoms with Gasteiger partial charge in [0.15, 0.2) is 0 Å². The summed E-state index contributed by atoms with van der Waals surface area (Å²) in [4.78, 5) is 26.4. The number of fused-ring (bicyclic) bond motifs is 1. The molecule has 188 valence electrons. The molecule has 2 N–H and O–H groups in total. The van der Waals surface area contributed by atoms with Crippen molar-refractivity contribution in [2.75, 3.05) is 26.3 Å². The largest absolute Gasteiger partial charge is 0.379 e. The smallest absolute Gasteiger partial charge is 0.251 e. The number of amides is 2. The van der Waals surface area contributed by atoms with Crippen molar-refractivity contribution >= 4 is 21.8 Å². The molecule has 2 amide bonds. The maximum absolute atomic E-state index is 13.2. The molecule has 35 heavy (non-hydrogen) atoms. The number of nitrogens with one attached hydrogen (secondary N) is 2. The van der Waals surface area contributed by atoms with Gasteiger partial charge < -0.3 is 15.4 Å². The Morgan fingerprint density at radius 1 is 1.06 bits per heavy atom. The van der Waals surface area contributed by atoms with E-state index in [9.17, 15) is 18.0 Å². The lowest BCUT2D eigenvalue weighted by atomic mass is 9.87. The van der Waals surface area contributed by atoms with Crippen LogP contribution >= 0.6 is 0 Å². The van der Waals surface area contributed by atoms with Crippen molar-refractivity contribution in [1.29, 1.82) is 0 Å². The zero-order valence-electron chi connectivity index (χ0n) is 20.2. The first-order valence-corrected chi connectivity index (χ1v) is 13.6. The lowest BCUT2D eigenvalue weighted by Crippen LogP contribution is -2.50. The number of morpholine rings is 1. The van der Waals surface area contributed by atoms with Crippen LogP contribution in [0.4, 0.5) is 0 Å². The van der Waals surface area contributed by atoms with Crippen molar-refractivity contribution in [3.05, 3.63) is 65.2 Å². The molecule has 0 saturated carbocycles. The van der Waals surface area contributed by atoms with E-state index in [1.165, 1.54) is 22.0 Å². The summed E-state index contributed by atoms with van der Waals surface area (Å²) in [6.07, 6.45) is 2.84. The number of sulfonamides is 1. The molecule has 2 atom stereocenters. The number of ether oxygens (including phenoxy) is 1. The SMILES string of the molecule is CC(C)[C@H](NC(=O)c1cccc(S(=O)(=O)N2CCOCC2)c1)C(=O)N[C@@H]1CCCc2ccccc21. The van der Waals surface area contributed by atoms with E-state index >= 15 is 0 Å². The van der Waals surface area contributed by atoms with Gasteiger partial charge in [-0.05, 0) is 54.5 Å². The first-order chi connectivity index (χ1) is 16.8. The minimum atomic E-state index is -3.73. The van der Waals surface area contributed by atoms with Crippen LogP contribution in [0.15, 0.2) is 53.4 Å². The van der Waals surface area contributed by atoms with E-state index in [2.05, 4.69) is 16.7 Å². The number of rotatable bonds is 7. The Labute approximate surface area is 207 Å². The summed E-state index contributed by atoms with van der Waals surface area (Å²) in [5.41, 5.74) is 2.57. The maximum atomic E-state index is 13.2. The Bertz CT molecular complexity index is 1180. The first-order valence-electron chi connectivity index (χ1n) is 12.1. The Hall–Kier alpha value is -2.75. The third-order valence-corrected chi connectivity index (χ3v) is 8.52. The van der Waals surface area contributed by atoms with Crippen LogP contribution in [0.3, 0.4) is 0 Å². The third-order valence-electron chi connectivity index (χ3n) is 6.63. The van der Waals surface area contributed by atoms with Gasteiger partial charge in [-0.3, -0.25) is 9.59 Å². The molecule has 1 aliphatic carbocycles. The second kappa shape index (κ2) is 10.9. The number of aryl methyl sites for hydroxylation is 1. The van der Waals surface area contributed by atoms with Crippen molar-refractivity contribution in [3.63, 3.8) is 0 Å². The molecule has 1 saturated heterocycles. The Kier molecular flexibility index (Phi) is 7.88. The van der Waals surface area contributed by atoms with Crippen molar-refractivity contribution in [3.8, 4) is 0 Å². The fraction of sp³-hybridized carbons (Fsp3) is 0.462. The number of hydrogen-bond donors (Lipinski definition) is 2. The molecule has 0 radical (unpaired) electrons. The average molecular weight is 500 g/mol. The van der Waals surface area contributed by atoms with Crippen LogP contribution in [0.2, 0.25) is 0 Å². The van der Waals surface area contributed by atoms with Crippen molar-refractivity contribution in [2.45, 2.75) is 50.1 Å². The monoisotopic (exact) mass is 499 g/mol. The molecule has 2 aromatic rings. The average Bonchev–Trinajstić information content (AvgIpc) is 2.87. The summed E-state index contributed by atoms with van der Waals surface area (Å²) in [5.74, 6) is -0.882. The van der Waals surface area contributed by atoms with E-state index in [0.29, 0.717) is 13.2 Å². The van der Waals surface area contributed by atoms with Crippen LogP contribution in [0.1, 0.15) is 54.2 Å².